The summed E-state index contributed by atoms with van der Waals surface area (Å²) in [5, 5.41) is 0.911. The average molecular weight is 436 g/mol. The largest absolute Gasteiger partial charge is 0.489 e. The first-order chi connectivity index (χ1) is 15.5. The van der Waals surface area contributed by atoms with Crippen LogP contribution in [0, 0.1) is 23.3 Å². The van der Waals surface area contributed by atoms with E-state index in [0.29, 0.717) is 34.7 Å². The summed E-state index contributed by atoms with van der Waals surface area (Å²) in [4.78, 5) is 0. The molecule has 0 aliphatic heterocycles. The maximum atomic E-state index is 15.1. The smallest absolute Gasteiger partial charge is 0.137 e. The monoisotopic (exact) mass is 436 g/mol. The van der Waals surface area contributed by atoms with E-state index >= 15 is 4.39 Å². The predicted molar refractivity (Wildman–Crippen MR) is 119 cm³/mol. The summed E-state index contributed by atoms with van der Waals surface area (Å²) in [5.41, 5.74) is 1.54. The Kier molecular flexibility index (Phi) is 6.26. The van der Waals surface area contributed by atoms with Gasteiger partial charge in [-0.2, -0.15) is 0 Å². The van der Waals surface area contributed by atoms with Gasteiger partial charge in [0.05, 0.1) is 5.56 Å². The number of hydrogen-bond donors (Lipinski definition) is 0. The van der Waals surface area contributed by atoms with Crippen LogP contribution in [0.1, 0.15) is 11.1 Å². The van der Waals surface area contributed by atoms with Gasteiger partial charge in [0.1, 0.15) is 35.6 Å². The van der Waals surface area contributed by atoms with Gasteiger partial charge in [0, 0.05) is 17.5 Å². The van der Waals surface area contributed by atoms with Gasteiger partial charge in [-0.25, -0.2) is 17.6 Å². The molecule has 0 heterocycles. The van der Waals surface area contributed by atoms with Crippen molar-refractivity contribution < 1.29 is 22.3 Å². The third-order valence-corrected chi connectivity index (χ3v) is 5.30. The highest BCUT2D eigenvalue weighted by molar-refractivity contribution is 5.88. The highest BCUT2D eigenvalue weighted by Gasteiger charge is 2.16. The van der Waals surface area contributed by atoms with Crippen molar-refractivity contribution in [2.24, 2.45) is 0 Å². The molecule has 0 bridgehead atoms. The molecule has 0 saturated carbocycles. The zero-order chi connectivity index (χ0) is 22.7. The second-order valence-electron chi connectivity index (χ2n) is 7.46. The fourth-order valence-electron chi connectivity index (χ4n) is 3.68. The topological polar surface area (TPSA) is 9.23 Å². The molecule has 0 saturated heterocycles. The van der Waals surface area contributed by atoms with Crippen LogP contribution in [0.2, 0.25) is 0 Å². The second-order valence-corrected chi connectivity index (χ2v) is 7.46. The molecule has 4 aromatic rings. The molecule has 0 aliphatic carbocycles. The summed E-state index contributed by atoms with van der Waals surface area (Å²) in [6.45, 7) is 3.64. The second kappa shape index (κ2) is 9.27. The van der Waals surface area contributed by atoms with Crippen molar-refractivity contribution in [3.8, 4) is 16.9 Å². The van der Waals surface area contributed by atoms with Crippen LogP contribution in [0.3, 0.4) is 0 Å². The van der Waals surface area contributed by atoms with Gasteiger partial charge >= 0.3 is 0 Å². The molecule has 32 heavy (non-hydrogen) atoms. The molecule has 0 radical (unpaired) electrons. The molecule has 0 aliphatic rings. The number of aryl methyl sites for hydroxylation is 2. The van der Waals surface area contributed by atoms with Crippen LogP contribution in [0.25, 0.3) is 21.9 Å². The van der Waals surface area contributed by atoms with E-state index in [1.807, 2.05) is 0 Å². The van der Waals surface area contributed by atoms with Crippen LogP contribution < -0.4 is 4.74 Å². The number of hydrogen-bond acceptors (Lipinski definition) is 1. The summed E-state index contributed by atoms with van der Waals surface area (Å²) >= 11 is 0. The minimum atomic E-state index is -0.764. The van der Waals surface area contributed by atoms with Crippen LogP contribution in [0.5, 0.6) is 5.75 Å². The summed E-state index contributed by atoms with van der Waals surface area (Å²) < 4.78 is 62.5. The summed E-state index contributed by atoms with van der Waals surface area (Å²) in [7, 11) is 0. The summed E-state index contributed by atoms with van der Waals surface area (Å²) in [5.74, 6) is -2.14. The normalized spacial score (nSPS) is 11.0. The van der Waals surface area contributed by atoms with E-state index in [9.17, 15) is 13.2 Å². The van der Waals surface area contributed by atoms with Crippen molar-refractivity contribution >= 4 is 10.8 Å². The summed E-state index contributed by atoms with van der Waals surface area (Å²) in [6.07, 6.45) is 2.50. The molecular weight excluding hydrogens is 416 g/mol. The standard InChI is InChI=1S/C27H20F4O/c1-2-13-32-22-15-24(29)26(25(30)16-22)20-9-12-23-19(14-20)8-7-18(27(23)31)6-3-17-4-10-21(28)11-5-17/h2,4-5,7-12,14-16H,1,3,6,13H2. The Bertz CT molecular complexity index is 1260. The molecule has 0 aromatic heterocycles. The van der Waals surface area contributed by atoms with Crippen molar-refractivity contribution in [1.29, 1.82) is 0 Å². The first-order valence-corrected chi connectivity index (χ1v) is 10.1. The van der Waals surface area contributed by atoms with Gasteiger partial charge in [-0.1, -0.05) is 49.1 Å². The number of fused-ring (bicyclic) bond motifs is 1. The quantitative estimate of drug-likeness (QED) is 0.216. The SMILES string of the molecule is C=CCOc1cc(F)c(-c2ccc3c(F)c(CCc4ccc(F)cc4)ccc3c2)c(F)c1. The van der Waals surface area contributed by atoms with Crippen LogP contribution in [0.4, 0.5) is 17.6 Å². The maximum absolute atomic E-state index is 15.1. The predicted octanol–water partition coefficient (Wildman–Crippen LogP) is 7.41. The van der Waals surface area contributed by atoms with E-state index in [1.165, 1.54) is 30.3 Å². The van der Waals surface area contributed by atoms with E-state index in [2.05, 4.69) is 6.58 Å². The minimum absolute atomic E-state index is 0.0706. The van der Waals surface area contributed by atoms with E-state index in [4.69, 9.17) is 4.74 Å². The lowest BCUT2D eigenvalue weighted by Gasteiger charge is -2.11. The van der Waals surface area contributed by atoms with Gasteiger partial charge in [0.15, 0.2) is 0 Å². The molecular formula is C27H20F4O. The van der Waals surface area contributed by atoms with Crippen molar-refractivity contribution in [2.45, 2.75) is 12.8 Å². The van der Waals surface area contributed by atoms with Crippen LogP contribution in [-0.4, -0.2) is 6.61 Å². The first-order valence-electron chi connectivity index (χ1n) is 10.1. The Hall–Kier alpha value is -3.60. The minimum Gasteiger partial charge on any atom is -0.489 e. The summed E-state index contributed by atoms with van der Waals surface area (Å²) in [6, 6.07) is 16.3. The van der Waals surface area contributed by atoms with Crippen LogP contribution in [0.15, 0.2) is 79.4 Å². The Morgan fingerprint density at radius 1 is 0.781 bits per heavy atom. The molecule has 0 atom stereocenters. The number of benzene rings is 4. The lowest BCUT2D eigenvalue weighted by Crippen LogP contribution is -1.98. The van der Waals surface area contributed by atoms with Gasteiger partial charge in [-0.05, 0) is 53.1 Å². The van der Waals surface area contributed by atoms with E-state index in [1.54, 1.807) is 30.3 Å². The molecule has 162 valence electrons. The zero-order valence-electron chi connectivity index (χ0n) is 17.2. The van der Waals surface area contributed by atoms with Crippen LogP contribution >= 0.6 is 0 Å². The van der Waals surface area contributed by atoms with Crippen molar-refractivity contribution in [3.63, 3.8) is 0 Å². The zero-order valence-corrected chi connectivity index (χ0v) is 17.2. The number of rotatable bonds is 7. The average Bonchev–Trinajstić information content (AvgIpc) is 2.78. The maximum Gasteiger partial charge on any atom is 0.137 e. The number of ether oxygens (including phenoxy) is 1. The lowest BCUT2D eigenvalue weighted by molar-refractivity contribution is 0.358. The Morgan fingerprint density at radius 3 is 2.19 bits per heavy atom. The molecule has 4 aromatic carbocycles. The Balaban J connectivity index is 1.62. The van der Waals surface area contributed by atoms with Gasteiger partial charge in [0.2, 0.25) is 0 Å². The fraction of sp³-hybridized carbons (Fsp3) is 0.111. The Labute approximate surface area is 183 Å². The van der Waals surface area contributed by atoms with Gasteiger partial charge in [-0.15, -0.1) is 0 Å². The number of halogens is 4. The lowest BCUT2D eigenvalue weighted by atomic mass is 9.96. The third kappa shape index (κ3) is 4.52. The molecule has 0 fully saturated rings. The molecule has 0 spiro atoms. The Morgan fingerprint density at radius 2 is 1.50 bits per heavy atom. The van der Waals surface area contributed by atoms with Crippen molar-refractivity contribution in [2.75, 3.05) is 6.61 Å². The van der Waals surface area contributed by atoms with Crippen molar-refractivity contribution in [3.05, 3.63) is 114 Å². The van der Waals surface area contributed by atoms with E-state index < -0.39 is 11.6 Å². The molecule has 5 heteroatoms. The van der Waals surface area contributed by atoms with Gasteiger partial charge in [0.25, 0.3) is 0 Å². The third-order valence-electron chi connectivity index (χ3n) is 5.30. The highest BCUT2D eigenvalue weighted by Crippen LogP contribution is 2.33. The van der Waals surface area contributed by atoms with Gasteiger partial charge < -0.3 is 4.74 Å². The molecule has 0 amide bonds. The first kappa shape index (κ1) is 21.6. The van der Waals surface area contributed by atoms with Gasteiger partial charge in [-0.3, -0.25) is 0 Å². The molecule has 0 N–H and O–H groups in total. The molecule has 0 unspecified atom stereocenters. The highest BCUT2D eigenvalue weighted by atomic mass is 19.1. The fourth-order valence-corrected chi connectivity index (χ4v) is 3.68. The molecule has 4 rings (SSSR count). The van der Waals surface area contributed by atoms with Crippen LogP contribution in [-0.2, 0) is 12.8 Å². The van der Waals surface area contributed by atoms with E-state index in [0.717, 1.165) is 17.7 Å². The molecule has 1 nitrogen and oxygen atoms in total. The van der Waals surface area contributed by atoms with E-state index in [-0.39, 0.29) is 29.6 Å². The van der Waals surface area contributed by atoms with Crippen molar-refractivity contribution in [1.82, 2.24) is 0 Å².